The van der Waals surface area contributed by atoms with Crippen LogP contribution in [-0.2, 0) is 17.3 Å². The van der Waals surface area contributed by atoms with Gasteiger partial charge in [-0.05, 0) is 30.7 Å². The zero-order valence-corrected chi connectivity index (χ0v) is 11.8. The Kier molecular flexibility index (Phi) is 4.85. The minimum atomic E-state index is -1.14. The highest BCUT2D eigenvalue weighted by Crippen LogP contribution is 2.12. The molecule has 6 nitrogen and oxygen atoms in total. The van der Waals surface area contributed by atoms with Crippen molar-refractivity contribution in [3.05, 3.63) is 36.2 Å². The molecule has 1 atom stereocenters. The van der Waals surface area contributed by atoms with Gasteiger partial charge < -0.3 is 9.30 Å². The van der Waals surface area contributed by atoms with Crippen molar-refractivity contribution in [3.8, 4) is 11.8 Å². The van der Waals surface area contributed by atoms with Crippen molar-refractivity contribution < 1.29 is 8.95 Å². The Hall–Kier alpha value is -2.20. The van der Waals surface area contributed by atoms with Gasteiger partial charge >= 0.3 is 0 Å². The van der Waals surface area contributed by atoms with Crippen molar-refractivity contribution in [1.29, 1.82) is 5.26 Å². The van der Waals surface area contributed by atoms with E-state index in [1.165, 1.54) is 0 Å². The molecule has 20 heavy (non-hydrogen) atoms. The third-order valence-electron chi connectivity index (χ3n) is 2.63. The fourth-order valence-electron chi connectivity index (χ4n) is 1.67. The summed E-state index contributed by atoms with van der Waals surface area (Å²) in [6, 6.07) is 9.02. The summed E-state index contributed by atoms with van der Waals surface area (Å²) >= 11 is 0. The third-order valence-corrected chi connectivity index (χ3v) is 3.46. The Bertz CT molecular complexity index is 631. The molecule has 0 aliphatic heterocycles. The fraction of sp³-hybridized carbons (Fsp3) is 0.308. The summed E-state index contributed by atoms with van der Waals surface area (Å²) in [5.41, 5.74) is 0.608. The van der Waals surface area contributed by atoms with E-state index in [4.69, 9.17) is 10.00 Å². The molecule has 2 aromatic rings. The van der Waals surface area contributed by atoms with E-state index in [2.05, 4.69) is 16.3 Å². The molecular formula is C13H14N4O2S. The number of hydrogen-bond donors (Lipinski definition) is 0. The zero-order valence-electron chi connectivity index (χ0n) is 11.0. The van der Waals surface area contributed by atoms with E-state index in [0.29, 0.717) is 23.9 Å². The normalized spacial score (nSPS) is 11.8. The first-order chi connectivity index (χ1) is 9.70. The van der Waals surface area contributed by atoms with E-state index in [1.807, 2.05) is 0 Å². The van der Waals surface area contributed by atoms with Gasteiger partial charge in [0.2, 0.25) is 5.16 Å². The van der Waals surface area contributed by atoms with Crippen LogP contribution in [0.5, 0.6) is 5.75 Å². The molecule has 0 aliphatic rings. The molecule has 0 saturated heterocycles. The molecule has 1 heterocycles. The summed E-state index contributed by atoms with van der Waals surface area (Å²) < 4.78 is 18.7. The Morgan fingerprint density at radius 2 is 2.15 bits per heavy atom. The first-order valence-corrected chi connectivity index (χ1v) is 7.60. The van der Waals surface area contributed by atoms with E-state index in [0.717, 1.165) is 12.2 Å². The Morgan fingerprint density at radius 3 is 2.80 bits per heavy atom. The molecule has 1 aromatic heterocycles. The number of nitrogens with zero attached hydrogens (tertiary/aromatic N) is 4. The predicted molar refractivity (Wildman–Crippen MR) is 73.6 cm³/mol. The number of rotatable bonds is 6. The number of aryl methyl sites for hydroxylation is 1. The summed E-state index contributed by atoms with van der Waals surface area (Å²) in [6.07, 6.45) is 3.90. The average molecular weight is 290 g/mol. The van der Waals surface area contributed by atoms with E-state index < -0.39 is 10.8 Å². The van der Waals surface area contributed by atoms with Crippen LogP contribution in [0.1, 0.15) is 12.0 Å². The lowest BCUT2D eigenvalue weighted by Gasteiger charge is -2.07. The first kappa shape index (κ1) is 14.2. The molecular weight excluding hydrogens is 276 g/mol. The summed E-state index contributed by atoms with van der Waals surface area (Å²) in [7, 11) is -1.14. The van der Waals surface area contributed by atoms with Crippen molar-refractivity contribution in [2.75, 3.05) is 12.9 Å². The van der Waals surface area contributed by atoms with Gasteiger partial charge in [-0.15, -0.1) is 10.2 Å². The molecule has 0 unspecified atom stereocenters. The van der Waals surface area contributed by atoms with Crippen molar-refractivity contribution in [3.63, 3.8) is 0 Å². The summed E-state index contributed by atoms with van der Waals surface area (Å²) in [5.74, 6) is 0.729. The summed E-state index contributed by atoms with van der Waals surface area (Å²) in [5, 5.41) is 16.7. The molecule has 0 saturated carbocycles. The highest BCUT2D eigenvalue weighted by atomic mass is 32.2. The van der Waals surface area contributed by atoms with Crippen molar-refractivity contribution >= 4 is 10.8 Å². The second-order valence-electron chi connectivity index (χ2n) is 4.10. The zero-order chi connectivity index (χ0) is 14.4. The lowest BCUT2D eigenvalue weighted by Crippen LogP contribution is -2.07. The van der Waals surface area contributed by atoms with Crippen LogP contribution in [0.2, 0.25) is 0 Å². The minimum Gasteiger partial charge on any atom is -0.494 e. The smallest absolute Gasteiger partial charge is 0.221 e. The van der Waals surface area contributed by atoms with Crippen molar-refractivity contribution in [2.45, 2.75) is 18.1 Å². The van der Waals surface area contributed by atoms with Gasteiger partial charge in [-0.3, -0.25) is 4.21 Å². The largest absolute Gasteiger partial charge is 0.494 e. The lowest BCUT2D eigenvalue weighted by molar-refractivity contribution is 0.299. The standard InChI is InChI=1S/C13H14N4O2S/c1-20(18)13-16-15-10-17(13)7-2-8-19-12-5-3-11(9-14)4-6-12/h3-6,10H,2,7-8H2,1H3/t20-/m1/s1. The second kappa shape index (κ2) is 6.82. The van der Waals surface area contributed by atoms with E-state index in [9.17, 15) is 4.21 Å². The topological polar surface area (TPSA) is 80.8 Å². The minimum absolute atomic E-state index is 0.475. The summed E-state index contributed by atoms with van der Waals surface area (Å²) in [6.45, 7) is 1.18. The highest BCUT2D eigenvalue weighted by Gasteiger charge is 2.07. The molecule has 2 rings (SSSR count). The van der Waals surface area contributed by atoms with Gasteiger partial charge in [-0.25, -0.2) is 0 Å². The van der Waals surface area contributed by atoms with Crippen molar-refractivity contribution in [1.82, 2.24) is 14.8 Å². The molecule has 7 heteroatoms. The van der Waals surface area contributed by atoms with Crippen LogP contribution in [0.15, 0.2) is 35.7 Å². The lowest BCUT2D eigenvalue weighted by atomic mass is 10.2. The van der Waals surface area contributed by atoms with Crippen LogP contribution in [0, 0.1) is 11.3 Å². The van der Waals surface area contributed by atoms with Crippen molar-refractivity contribution in [2.24, 2.45) is 0 Å². The number of hydrogen-bond acceptors (Lipinski definition) is 5. The van der Waals surface area contributed by atoms with E-state index in [1.54, 1.807) is 41.4 Å². The predicted octanol–water partition coefficient (Wildman–Crippen LogP) is 1.36. The van der Waals surface area contributed by atoms with Gasteiger partial charge in [0.25, 0.3) is 0 Å². The Balaban J connectivity index is 1.80. The SMILES string of the molecule is C[S@@](=O)c1nncn1CCCOc1ccc(C#N)cc1. The number of benzene rings is 1. The number of ether oxygens (including phenoxy) is 1. The average Bonchev–Trinajstić information content (AvgIpc) is 2.93. The van der Waals surface area contributed by atoms with Crippen LogP contribution in [0.25, 0.3) is 0 Å². The van der Waals surface area contributed by atoms with Gasteiger partial charge in [0, 0.05) is 12.8 Å². The van der Waals surface area contributed by atoms with Crippen LogP contribution >= 0.6 is 0 Å². The molecule has 0 fully saturated rings. The maximum absolute atomic E-state index is 11.4. The molecule has 104 valence electrons. The molecule has 0 amide bonds. The highest BCUT2D eigenvalue weighted by molar-refractivity contribution is 7.84. The van der Waals surface area contributed by atoms with Crippen LogP contribution in [0.4, 0.5) is 0 Å². The molecule has 0 bridgehead atoms. The quantitative estimate of drug-likeness (QED) is 0.750. The maximum Gasteiger partial charge on any atom is 0.221 e. The van der Waals surface area contributed by atoms with Crippen LogP contribution in [0.3, 0.4) is 0 Å². The third kappa shape index (κ3) is 3.65. The van der Waals surface area contributed by atoms with Gasteiger partial charge in [-0.1, -0.05) is 0 Å². The first-order valence-electron chi connectivity index (χ1n) is 6.05. The second-order valence-corrected chi connectivity index (χ2v) is 5.37. The summed E-state index contributed by atoms with van der Waals surface area (Å²) in [4.78, 5) is 0. The maximum atomic E-state index is 11.4. The van der Waals surface area contributed by atoms with Gasteiger partial charge in [-0.2, -0.15) is 5.26 Å². The Labute approximate surface area is 119 Å². The molecule has 0 aliphatic carbocycles. The monoisotopic (exact) mass is 290 g/mol. The molecule has 1 aromatic carbocycles. The molecule has 0 spiro atoms. The molecule has 0 N–H and O–H groups in total. The van der Waals surface area contributed by atoms with Crippen LogP contribution < -0.4 is 4.74 Å². The van der Waals surface area contributed by atoms with Gasteiger partial charge in [0.1, 0.15) is 12.1 Å². The van der Waals surface area contributed by atoms with Gasteiger partial charge in [0.15, 0.2) is 0 Å². The fourth-order valence-corrected chi connectivity index (χ4v) is 2.30. The molecule has 0 radical (unpaired) electrons. The van der Waals surface area contributed by atoms with E-state index >= 15 is 0 Å². The van der Waals surface area contributed by atoms with Gasteiger partial charge in [0.05, 0.1) is 29.0 Å². The number of nitriles is 1. The van der Waals surface area contributed by atoms with Crippen LogP contribution in [-0.4, -0.2) is 31.8 Å². The Morgan fingerprint density at radius 1 is 1.40 bits per heavy atom. The number of aromatic nitrogens is 3. The van der Waals surface area contributed by atoms with E-state index in [-0.39, 0.29) is 0 Å².